The van der Waals surface area contributed by atoms with Gasteiger partial charge in [-0.05, 0) is 36.8 Å². The standard InChI is InChI=1S/C20H19N3O/c1-15(24)19(17-11-5-7-13-21-17)20(16-9-3-2-4-10-16)23-18-12-6-8-14-22-18/h2-14,19-20H,1H3,(H,22,23). The van der Waals surface area contributed by atoms with Gasteiger partial charge >= 0.3 is 0 Å². The third-order valence-corrected chi connectivity index (χ3v) is 3.90. The highest BCUT2D eigenvalue weighted by atomic mass is 16.1. The molecule has 1 aromatic carbocycles. The van der Waals surface area contributed by atoms with Crippen molar-refractivity contribution in [2.24, 2.45) is 0 Å². The molecule has 2 atom stereocenters. The molecule has 4 heteroatoms. The summed E-state index contributed by atoms with van der Waals surface area (Å²) in [4.78, 5) is 21.2. The van der Waals surface area contributed by atoms with E-state index in [-0.39, 0.29) is 11.8 Å². The van der Waals surface area contributed by atoms with Crippen LogP contribution in [0.15, 0.2) is 79.1 Å². The summed E-state index contributed by atoms with van der Waals surface area (Å²) in [5.74, 6) is 0.398. The summed E-state index contributed by atoms with van der Waals surface area (Å²) in [6.07, 6.45) is 3.45. The summed E-state index contributed by atoms with van der Waals surface area (Å²) < 4.78 is 0. The number of carbonyl (C=O) groups is 1. The second kappa shape index (κ2) is 7.51. The molecule has 3 aromatic rings. The van der Waals surface area contributed by atoms with Gasteiger partial charge in [0.05, 0.1) is 17.7 Å². The minimum Gasteiger partial charge on any atom is -0.362 e. The van der Waals surface area contributed by atoms with E-state index in [2.05, 4.69) is 15.3 Å². The number of hydrogen-bond acceptors (Lipinski definition) is 4. The fraction of sp³-hybridized carbons (Fsp3) is 0.150. The Labute approximate surface area is 141 Å². The number of pyridine rings is 2. The number of hydrogen-bond donors (Lipinski definition) is 1. The zero-order valence-corrected chi connectivity index (χ0v) is 13.5. The Kier molecular flexibility index (Phi) is 4.96. The number of Topliss-reactive ketones (excluding diaryl/α,β-unsaturated/α-hetero) is 1. The number of nitrogens with zero attached hydrogens (tertiary/aromatic N) is 2. The van der Waals surface area contributed by atoms with Crippen LogP contribution < -0.4 is 5.32 Å². The molecule has 0 saturated heterocycles. The van der Waals surface area contributed by atoms with Gasteiger partial charge in [0.15, 0.2) is 0 Å². The summed E-state index contributed by atoms with van der Waals surface area (Å²) >= 11 is 0. The Balaban J connectivity index is 2.03. The molecular formula is C20H19N3O. The van der Waals surface area contributed by atoms with E-state index < -0.39 is 5.92 Å². The lowest BCUT2D eigenvalue weighted by Gasteiger charge is -2.27. The Morgan fingerprint density at radius 2 is 1.54 bits per heavy atom. The van der Waals surface area contributed by atoms with Crippen LogP contribution in [0, 0.1) is 0 Å². The van der Waals surface area contributed by atoms with Gasteiger partial charge in [0.1, 0.15) is 11.6 Å². The number of rotatable bonds is 6. The first kappa shape index (κ1) is 15.9. The van der Waals surface area contributed by atoms with Crippen molar-refractivity contribution >= 4 is 11.6 Å². The van der Waals surface area contributed by atoms with Crippen LogP contribution in [0.5, 0.6) is 0 Å². The van der Waals surface area contributed by atoms with Crippen LogP contribution in [-0.2, 0) is 4.79 Å². The lowest BCUT2D eigenvalue weighted by atomic mass is 9.87. The number of benzene rings is 1. The molecule has 4 nitrogen and oxygen atoms in total. The number of carbonyl (C=O) groups excluding carboxylic acids is 1. The summed E-state index contributed by atoms with van der Waals surface area (Å²) in [5, 5.41) is 3.40. The molecule has 24 heavy (non-hydrogen) atoms. The first-order chi connectivity index (χ1) is 11.8. The highest BCUT2D eigenvalue weighted by Crippen LogP contribution is 2.33. The van der Waals surface area contributed by atoms with Crippen LogP contribution in [0.1, 0.15) is 30.1 Å². The maximum Gasteiger partial charge on any atom is 0.141 e. The van der Waals surface area contributed by atoms with Crippen molar-refractivity contribution in [3.8, 4) is 0 Å². The van der Waals surface area contributed by atoms with Crippen molar-refractivity contribution in [1.29, 1.82) is 0 Å². The molecule has 2 aromatic heterocycles. The third kappa shape index (κ3) is 3.66. The molecule has 0 aliphatic rings. The van der Waals surface area contributed by atoms with Crippen molar-refractivity contribution in [3.05, 3.63) is 90.4 Å². The first-order valence-corrected chi connectivity index (χ1v) is 7.89. The van der Waals surface area contributed by atoms with E-state index in [9.17, 15) is 4.79 Å². The van der Waals surface area contributed by atoms with Gasteiger partial charge in [-0.3, -0.25) is 9.78 Å². The monoisotopic (exact) mass is 317 g/mol. The minimum atomic E-state index is -0.393. The maximum absolute atomic E-state index is 12.4. The maximum atomic E-state index is 12.4. The second-order valence-electron chi connectivity index (χ2n) is 5.59. The van der Waals surface area contributed by atoms with E-state index in [1.54, 1.807) is 19.3 Å². The van der Waals surface area contributed by atoms with Crippen molar-refractivity contribution in [3.63, 3.8) is 0 Å². The van der Waals surface area contributed by atoms with Crippen molar-refractivity contribution < 1.29 is 4.79 Å². The largest absolute Gasteiger partial charge is 0.362 e. The van der Waals surface area contributed by atoms with Gasteiger partial charge in [-0.2, -0.15) is 0 Å². The van der Waals surface area contributed by atoms with E-state index in [4.69, 9.17) is 0 Å². The van der Waals surface area contributed by atoms with Crippen LogP contribution in [0.3, 0.4) is 0 Å². The van der Waals surface area contributed by atoms with Gasteiger partial charge in [-0.25, -0.2) is 4.98 Å². The molecule has 0 aliphatic carbocycles. The Morgan fingerprint density at radius 3 is 2.12 bits per heavy atom. The third-order valence-electron chi connectivity index (χ3n) is 3.90. The van der Waals surface area contributed by atoms with E-state index in [0.717, 1.165) is 17.1 Å². The molecule has 2 unspecified atom stereocenters. The molecule has 2 heterocycles. The SMILES string of the molecule is CC(=O)C(c1ccccn1)C(Nc1ccccn1)c1ccccc1. The lowest BCUT2D eigenvalue weighted by Crippen LogP contribution is -2.25. The normalized spacial score (nSPS) is 13.0. The fourth-order valence-corrected chi connectivity index (χ4v) is 2.80. The zero-order chi connectivity index (χ0) is 16.8. The number of aromatic nitrogens is 2. The predicted octanol–water partition coefficient (Wildman–Crippen LogP) is 4.00. The summed E-state index contributed by atoms with van der Waals surface area (Å²) in [7, 11) is 0. The quantitative estimate of drug-likeness (QED) is 0.746. The molecule has 0 bridgehead atoms. The molecule has 120 valence electrons. The molecule has 0 spiro atoms. The van der Waals surface area contributed by atoms with Gasteiger partial charge in [0, 0.05) is 12.4 Å². The molecule has 0 saturated carbocycles. The van der Waals surface area contributed by atoms with Crippen LogP contribution in [-0.4, -0.2) is 15.8 Å². The zero-order valence-electron chi connectivity index (χ0n) is 13.5. The first-order valence-electron chi connectivity index (χ1n) is 7.89. The van der Waals surface area contributed by atoms with Crippen LogP contribution >= 0.6 is 0 Å². The van der Waals surface area contributed by atoms with E-state index >= 15 is 0 Å². The molecule has 0 fully saturated rings. The van der Waals surface area contributed by atoms with Crippen LogP contribution in [0.25, 0.3) is 0 Å². The molecule has 0 radical (unpaired) electrons. The number of ketones is 1. The summed E-state index contributed by atoms with van der Waals surface area (Å²) in [6.45, 7) is 1.61. The summed E-state index contributed by atoms with van der Waals surface area (Å²) in [6, 6.07) is 21.0. The minimum absolute atomic E-state index is 0.0611. The van der Waals surface area contributed by atoms with E-state index in [1.807, 2.05) is 66.7 Å². The molecular weight excluding hydrogens is 298 g/mol. The molecule has 0 amide bonds. The smallest absolute Gasteiger partial charge is 0.141 e. The van der Waals surface area contributed by atoms with Gasteiger partial charge < -0.3 is 5.32 Å². The molecule has 3 rings (SSSR count). The molecule has 1 N–H and O–H groups in total. The van der Waals surface area contributed by atoms with E-state index in [1.165, 1.54) is 0 Å². The number of anilines is 1. The van der Waals surface area contributed by atoms with Gasteiger partial charge in [-0.1, -0.05) is 42.5 Å². The predicted molar refractivity (Wildman–Crippen MR) is 94.7 cm³/mol. The topological polar surface area (TPSA) is 54.9 Å². The Bertz CT molecular complexity index is 776. The van der Waals surface area contributed by atoms with Crippen molar-refractivity contribution in [1.82, 2.24) is 9.97 Å². The molecule has 0 aliphatic heterocycles. The van der Waals surface area contributed by atoms with Crippen molar-refractivity contribution in [2.75, 3.05) is 5.32 Å². The number of nitrogens with one attached hydrogen (secondary N) is 1. The van der Waals surface area contributed by atoms with Gasteiger partial charge in [-0.15, -0.1) is 0 Å². The second-order valence-corrected chi connectivity index (χ2v) is 5.59. The van der Waals surface area contributed by atoms with Crippen molar-refractivity contribution in [2.45, 2.75) is 18.9 Å². The highest BCUT2D eigenvalue weighted by molar-refractivity contribution is 5.84. The Morgan fingerprint density at radius 1 is 0.875 bits per heavy atom. The average molecular weight is 317 g/mol. The average Bonchev–Trinajstić information content (AvgIpc) is 2.63. The fourth-order valence-electron chi connectivity index (χ4n) is 2.80. The van der Waals surface area contributed by atoms with Crippen LogP contribution in [0.2, 0.25) is 0 Å². The lowest BCUT2D eigenvalue weighted by molar-refractivity contribution is -0.118. The Hall–Kier alpha value is -3.01. The highest BCUT2D eigenvalue weighted by Gasteiger charge is 2.30. The summed E-state index contributed by atoms with van der Waals surface area (Å²) in [5.41, 5.74) is 1.77. The van der Waals surface area contributed by atoms with Gasteiger partial charge in [0.2, 0.25) is 0 Å². The van der Waals surface area contributed by atoms with Crippen LogP contribution in [0.4, 0.5) is 5.82 Å². The van der Waals surface area contributed by atoms with Gasteiger partial charge in [0.25, 0.3) is 0 Å². The van der Waals surface area contributed by atoms with E-state index in [0.29, 0.717) is 0 Å².